The fourth-order valence-corrected chi connectivity index (χ4v) is 3.94. The van der Waals surface area contributed by atoms with Crippen LogP contribution in [0.25, 0.3) is 5.76 Å². The smallest absolute Gasteiger partial charge is 0.295 e. The van der Waals surface area contributed by atoms with E-state index in [1.807, 2.05) is 13.8 Å². The average Bonchev–Trinajstić information content (AvgIpc) is 3.10. The summed E-state index contributed by atoms with van der Waals surface area (Å²) < 4.78 is 21.4. The van der Waals surface area contributed by atoms with E-state index in [9.17, 15) is 14.7 Å². The third-order valence-electron chi connectivity index (χ3n) is 5.62. The number of aliphatic hydroxyl groups excluding tert-OH is 1. The van der Waals surface area contributed by atoms with E-state index in [0.29, 0.717) is 47.9 Å². The van der Waals surface area contributed by atoms with Gasteiger partial charge in [0.2, 0.25) is 0 Å². The first kappa shape index (κ1) is 25.1. The Balaban J connectivity index is 2.07. The minimum absolute atomic E-state index is 0.0205. The van der Waals surface area contributed by atoms with Crippen molar-refractivity contribution in [2.45, 2.75) is 32.4 Å². The van der Waals surface area contributed by atoms with Crippen LogP contribution in [0, 0.1) is 0 Å². The van der Waals surface area contributed by atoms with Crippen LogP contribution in [0.15, 0.2) is 48.0 Å². The number of amides is 1. The molecule has 0 aliphatic carbocycles. The fourth-order valence-electron chi connectivity index (χ4n) is 3.94. The van der Waals surface area contributed by atoms with Crippen LogP contribution in [-0.2, 0) is 14.3 Å². The van der Waals surface area contributed by atoms with Gasteiger partial charge in [-0.2, -0.15) is 0 Å². The third kappa shape index (κ3) is 5.17. The summed E-state index contributed by atoms with van der Waals surface area (Å²) >= 11 is 0. The minimum atomic E-state index is -0.752. The molecule has 1 heterocycles. The maximum Gasteiger partial charge on any atom is 0.295 e. The first-order valence-corrected chi connectivity index (χ1v) is 11.1. The number of aliphatic hydroxyl groups is 1. The number of carbonyl (C=O) groups is 2. The Morgan fingerprint density at radius 2 is 1.65 bits per heavy atom. The zero-order valence-corrected chi connectivity index (χ0v) is 20.2. The number of Topliss-reactive ketones (excluding diaryl/α,β-unsaturated/α-hetero) is 1. The maximum absolute atomic E-state index is 13.1. The lowest BCUT2D eigenvalue weighted by atomic mass is 9.95. The topological polar surface area (TPSA) is 94.5 Å². The lowest BCUT2D eigenvalue weighted by Gasteiger charge is -2.25. The van der Waals surface area contributed by atoms with E-state index < -0.39 is 17.7 Å². The molecule has 0 bridgehead atoms. The molecule has 2 aromatic carbocycles. The van der Waals surface area contributed by atoms with Crippen LogP contribution in [0.4, 0.5) is 0 Å². The Labute approximate surface area is 199 Å². The van der Waals surface area contributed by atoms with Gasteiger partial charge < -0.3 is 29.0 Å². The number of hydrogen-bond donors (Lipinski definition) is 1. The summed E-state index contributed by atoms with van der Waals surface area (Å²) in [7, 11) is 4.56. The molecule has 2 aromatic rings. The zero-order chi connectivity index (χ0) is 24.8. The van der Waals surface area contributed by atoms with Crippen LogP contribution < -0.4 is 14.2 Å². The first-order chi connectivity index (χ1) is 16.3. The lowest BCUT2D eigenvalue weighted by molar-refractivity contribution is -0.140. The monoisotopic (exact) mass is 469 g/mol. The van der Waals surface area contributed by atoms with Gasteiger partial charge in [-0.15, -0.1) is 0 Å². The van der Waals surface area contributed by atoms with Crippen molar-refractivity contribution in [3.8, 4) is 17.2 Å². The number of rotatable bonds is 10. The lowest BCUT2D eigenvalue weighted by Crippen LogP contribution is -2.31. The molecule has 1 amide bonds. The highest BCUT2D eigenvalue weighted by atomic mass is 16.5. The van der Waals surface area contributed by atoms with Gasteiger partial charge >= 0.3 is 0 Å². The van der Waals surface area contributed by atoms with Crippen LogP contribution in [0.1, 0.15) is 37.4 Å². The number of ketones is 1. The molecule has 1 unspecified atom stereocenters. The van der Waals surface area contributed by atoms with Gasteiger partial charge in [0.15, 0.2) is 11.5 Å². The molecule has 8 heteroatoms. The van der Waals surface area contributed by atoms with Crippen molar-refractivity contribution in [3.63, 3.8) is 0 Å². The van der Waals surface area contributed by atoms with Gasteiger partial charge in [-0.1, -0.05) is 12.1 Å². The highest BCUT2D eigenvalue weighted by Gasteiger charge is 2.45. The van der Waals surface area contributed by atoms with E-state index in [1.54, 1.807) is 49.6 Å². The van der Waals surface area contributed by atoms with Crippen molar-refractivity contribution < 1.29 is 33.6 Å². The second-order valence-electron chi connectivity index (χ2n) is 8.11. The van der Waals surface area contributed by atoms with Crippen molar-refractivity contribution in [3.05, 3.63) is 59.2 Å². The predicted octanol–water partition coefficient (Wildman–Crippen LogP) is 3.95. The predicted molar refractivity (Wildman–Crippen MR) is 127 cm³/mol. The molecule has 182 valence electrons. The van der Waals surface area contributed by atoms with Crippen LogP contribution in [-0.4, -0.2) is 62.3 Å². The number of likely N-dealkylation sites (tertiary alicyclic amines) is 1. The summed E-state index contributed by atoms with van der Waals surface area (Å²) in [5.41, 5.74) is 1.05. The third-order valence-corrected chi connectivity index (χ3v) is 5.62. The van der Waals surface area contributed by atoms with E-state index in [2.05, 4.69) is 0 Å². The molecular weight excluding hydrogens is 438 g/mol. The second kappa shape index (κ2) is 11.1. The Kier molecular flexibility index (Phi) is 8.17. The standard InChI is InChI=1S/C26H31NO7/c1-16(2)34-14-6-13-27-23(17-7-10-19(31-3)11-8-17)22(25(29)26(27)30)24(28)18-9-12-20(32-4)21(15-18)33-5/h7-12,15-16,23,28H,6,13-14H2,1-5H3/b24-22-. The molecular formula is C26H31NO7. The molecule has 34 heavy (non-hydrogen) atoms. The minimum Gasteiger partial charge on any atom is -0.507 e. The summed E-state index contributed by atoms with van der Waals surface area (Å²) in [6, 6.07) is 11.2. The molecule has 1 fully saturated rings. The summed E-state index contributed by atoms with van der Waals surface area (Å²) in [6.07, 6.45) is 0.617. The summed E-state index contributed by atoms with van der Waals surface area (Å²) in [5.74, 6) is -0.152. The van der Waals surface area contributed by atoms with Crippen molar-refractivity contribution in [2.75, 3.05) is 34.5 Å². The molecule has 0 saturated carbocycles. The summed E-state index contributed by atoms with van der Waals surface area (Å²) in [6.45, 7) is 4.63. The molecule has 1 N–H and O–H groups in total. The molecule has 8 nitrogen and oxygen atoms in total. The number of methoxy groups -OCH3 is 3. The van der Waals surface area contributed by atoms with Crippen molar-refractivity contribution in [1.29, 1.82) is 0 Å². The van der Waals surface area contributed by atoms with Gasteiger partial charge in [-0.25, -0.2) is 0 Å². The molecule has 1 saturated heterocycles. The van der Waals surface area contributed by atoms with E-state index >= 15 is 0 Å². The van der Waals surface area contributed by atoms with E-state index in [0.717, 1.165) is 0 Å². The van der Waals surface area contributed by atoms with Crippen LogP contribution >= 0.6 is 0 Å². The van der Waals surface area contributed by atoms with Crippen LogP contribution in [0.2, 0.25) is 0 Å². The van der Waals surface area contributed by atoms with Crippen molar-refractivity contribution in [2.24, 2.45) is 0 Å². The Morgan fingerprint density at radius 3 is 2.24 bits per heavy atom. The van der Waals surface area contributed by atoms with Gasteiger partial charge in [-0.05, 0) is 56.2 Å². The highest BCUT2D eigenvalue weighted by Crippen LogP contribution is 2.41. The quantitative estimate of drug-likeness (QED) is 0.244. The normalized spacial score (nSPS) is 17.4. The Bertz CT molecular complexity index is 1060. The number of nitrogens with zero attached hydrogens (tertiary/aromatic N) is 1. The highest BCUT2D eigenvalue weighted by molar-refractivity contribution is 6.46. The van der Waals surface area contributed by atoms with Crippen LogP contribution in [0.3, 0.4) is 0 Å². The largest absolute Gasteiger partial charge is 0.507 e. The summed E-state index contributed by atoms with van der Waals surface area (Å²) in [5, 5.41) is 11.2. The van der Waals surface area contributed by atoms with Gasteiger partial charge in [0.25, 0.3) is 11.7 Å². The van der Waals surface area contributed by atoms with Crippen molar-refractivity contribution in [1.82, 2.24) is 4.90 Å². The zero-order valence-electron chi connectivity index (χ0n) is 20.2. The number of benzene rings is 2. The van der Waals surface area contributed by atoms with E-state index in [-0.39, 0.29) is 17.4 Å². The molecule has 1 atom stereocenters. The van der Waals surface area contributed by atoms with Crippen LogP contribution in [0.5, 0.6) is 17.2 Å². The Morgan fingerprint density at radius 1 is 0.971 bits per heavy atom. The molecule has 0 radical (unpaired) electrons. The fraction of sp³-hybridized carbons (Fsp3) is 0.385. The molecule has 0 spiro atoms. The number of hydrogen-bond acceptors (Lipinski definition) is 7. The molecule has 0 aromatic heterocycles. The second-order valence-corrected chi connectivity index (χ2v) is 8.11. The van der Waals surface area contributed by atoms with Gasteiger partial charge in [-0.3, -0.25) is 9.59 Å². The van der Waals surface area contributed by atoms with Crippen molar-refractivity contribution >= 4 is 17.4 Å². The molecule has 1 aliphatic heterocycles. The van der Waals surface area contributed by atoms with Gasteiger partial charge in [0.05, 0.1) is 39.0 Å². The maximum atomic E-state index is 13.1. The van der Waals surface area contributed by atoms with E-state index in [4.69, 9.17) is 18.9 Å². The van der Waals surface area contributed by atoms with E-state index in [1.165, 1.54) is 19.1 Å². The van der Waals surface area contributed by atoms with Gasteiger partial charge in [0.1, 0.15) is 11.5 Å². The Hall–Kier alpha value is -3.52. The first-order valence-electron chi connectivity index (χ1n) is 11.1. The molecule has 1 aliphatic rings. The summed E-state index contributed by atoms with van der Waals surface area (Å²) in [4.78, 5) is 27.7. The van der Waals surface area contributed by atoms with Gasteiger partial charge in [0, 0.05) is 18.7 Å². The number of ether oxygens (including phenoxy) is 4. The average molecular weight is 470 g/mol. The molecule has 3 rings (SSSR count). The number of carbonyl (C=O) groups excluding carboxylic acids is 2. The SMILES string of the molecule is COc1ccc(C2/C(=C(/O)c3ccc(OC)c(OC)c3)C(=O)C(=O)N2CCCOC(C)C)cc1.